The quantitative estimate of drug-likeness (QED) is 0.750. The number of hydrogen-bond donors (Lipinski definition) is 1. The Morgan fingerprint density at radius 2 is 2.06 bits per heavy atom. The van der Waals surface area contributed by atoms with Gasteiger partial charge in [-0.3, -0.25) is 0 Å². The molecule has 0 aromatic carbocycles. The van der Waals surface area contributed by atoms with Crippen LogP contribution < -0.4 is 0 Å². The van der Waals surface area contributed by atoms with Crippen LogP contribution in [0.4, 0.5) is 0 Å². The number of likely N-dealkylation sites (N-methyl/N-ethyl adjacent to an activating group) is 1. The molecule has 0 aromatic rings. The second kappa shape index (κ2) is 6.41. The van der Waals surface area contributed by atoms with E-state index in [9.17, 15) is 5.11 Å². The van der Waals surface area contributed by atoms with Crippen molar-refractivity contribution in [1.29, 1.82) is 0 Å². The molecule has 0 spiro atoms. The van der Waals surface area contributed by atoms with Crippen molar-refractivity contribution in [1.82, 2.24) is 4.90 Å². The molecular weight excluding hydrogens is 214 g/mol. The molecule has 1 fully saturated rings. The summed E-state index contributed by atoms with van der Waals surface area (Å²) in [6.45, 7) is 10.1. The van der Waals surface area contributed by atoms with Gasteiger partial charge in [-0.15, -0.1) is 0 Å². The summed E-state index contributed by atoms with van der Waals surface area (Å²) in [7, 11) is 2.05. The average molecular weight is 241 g/mol. The fraction of sp³-hybridized carbons (Fsp3) is 0.857. The summed E-state index contributed by atoms with van der Waals surface area (Å²) < 4.78 is 6.05. The van der Waals surface area contributed by atoms with Crippen molar-refractivity contribution >= 4 is 0 Å². The summed E-state index contributed by atoms with van der Waals surface area (Å²) in [6.07, 6.45) is 1.92. The molecule has 3 nitrogen and oxygen atoms in total. The van der Waals surface area contributed by atoms with Gasteiger partial charge in [-0.1, -0.05) is 13.8 Å². The van der Waals surface area contributed by atoms with Gasteiger partial charge in [-0.2, -0.15) is 0 Å². The lowest BCUT2D eigenvalue weighted by Gasteiger charge is -2.24. The number of aliphatic hydroxyl groups excluding tert-OH is 1. The molecule has 17 heavy (non-hydrogen) atoms. The summed E-state index contributed by atoms with van der Waals surface area (Å²) in [5, 5.41) is 10.1. The van der Waals surface area contributed by atoms with Crippen LogP contribution in [0.3, 0.4) is 0 Å². The third kappa shape index (κ3) is 3.71. The van der Waals surface area contributed by atoms with Gasteiger partial charge in [0.05, 0.1) is 18.1 Å². The Kier molecular flexibility index (Phi) is 5.47. The van der Waals surface area contributed by atoms with Gasteiger partial charge in [0.2, 0.25) is 0 Å². The fourth-order valence-electron chi connectivity index (χ4n) is 2.21. The van der Waals surface area contributed by atoms with Crippen LogP contribution in [-0.4, -0.2) is 42.4 Å². The molecule has 1 N–H and O–H groups in total. The van der Waals surface area contributed by atoms with E-state index >= 15 is 0 Å². The SMILES string of the molecule is CCC(C)=C(OC(C)CC)C1CN(C)CC1O. The van der Waals surface area contributed by atoms with Crippen molar-refractivity contribution < 1.29 is 9.84 Å². The van der Waals surface area contributed by atoms with Crippen LogP contribution in [0.15, 0.2) is 11.3 Å². The van der Waals surface area contributed by atoms with Crippen molar-refractivity contribution in [3.63, 3.8) is 0 Å². The van der Waals surface area contributed by atoms with E-state index in [0.29, 0.717) is 0 Å². The molecule has 100 valence electrons. The summed E-state index contributed by atoms with van der Waals surface area (Å²) >= 11 is 0. The van der Waals surface area contributed by atoms with Crippen LogP contribution in [0.5, 0.6) is 0 Å². The number of allylic oxidation sites excluding steroid dienone is 1. The maximum Gasteiger partial charge on any atom is 0.102 e. The Morgan fingerprint density at radius 3 is 2.47 bits per heavy atom. The van der Waals surface area contributed by atoms with Crippen LogP contribution in [0.1, 0.15) is 40.5 Å². The first-order valence-electron chi connectivity index (χ1n) is 6.72. The van der Waals surface area contributed by atoms with E-state index in [0.717, 1.165) is 31.7 Å². The Bertz CT molecular complexity index is 275. The van der Waals surface area contributed by atoms with Gasteiger partial charge in [-0.25, -0.2) is 0 Å². The molecule has 3 atom stereocenters. The number of rotatable bonds is 5. The highest BCUT2D eigenvalue weighted by Gasteiger charge is 2.34. The van der Waals surface area contributed by atoms with E-state index in [-0.39, 0.29) is 18.1 Å². The maximum absolute atomic E-state index is 10.1. The average Bonchev–Trinajstić information content (AvgIpc) is 2.63. The standard InChI is InChI=1S/C14H27NO2/c1-6-10(3)14(17-11(4)7-2)12-8-15(5)9-13(12)16/h11-13,16H,6-9H2,1-5H3. The third-order valence-electron chi connectivity index (χ3n) is 3.66. The number of nitrogens with zero attached hydrogens (tertiary/aromatic N) is 1. The zero-order valence-electron chi connectivity index (χ0n) is 11.9. The lowest BCUT2D eigenvalue weighted by Crippen LogP contribution is -2.24. The van der Waals surface area contributed by atoms with E-state index in [2.05, 4.69) is 32.6 Å². The summed E-state index contributed by atoms with van der Waals surface area (Å²) in [6, 6.07) is 0. The molecule has 3 unspecified atom stereocenters. The van der Waals surface area contributed by atoms with Crippen LogP contribution >= 0.6 is 0 Å². The minimum absolute atomic E-state index is 0.147. The molecule has 0 aliphatic carbocycles. The first kappa shape index (κ1) is 14.5. The number of β-amino-alcohol motifs (C(OH)–C–C–N with tert-alkyl or cyclic N) is 1. The van der Waals surface area contributed by atoms with Crippen molar-refractivity contribution in [2.45, 2.75) is 52.7 Å². The highest BCUT2D eigenvalue weighted by Crippen LogP contribution is 2.29. The smallest absolute Gasteiger partial charge is 0.102 e. The monoisotopic (exact) mass is 241 g/mol. The molecule has 0 saturated carbocycles. The van der Waals surface area contributed by atoms with Crippen LogP contribution in [0.25, 0.3) is 0 Å². The van der Waals surface area contributed by atoms with Gasteiger partial charge in [0.1, 0.15) is 5.76 Å². The third-order valence-corrected chi connectivity index (χ3v) is 3.66. The van der Waals surface area contributed by atoms with Crippen LogP contribution in [0.2, 0.25) is 0 Å². The molecular formula is C14H27NO2. The molecule has 1 rings (SSSR count). The lowest BCUT2D eigenvalue weighted by atomic mass is 9.98. The molecule has 0 aromatic heterocycles. The number of aliphatic hydroxyl groups is 1. The minimum atomic E-state index is -0.291. The van der Waals surface area contributed by atoms with Gasteiger partial charge in [0, 0.05) is 13.1 Å². The number of likely N-dealkylation sites (tertiary alicyclic amines) is 1. The van der Waals surface area contributed by atoms with E-state index in [1.54, 1.807) is 0 Å². The van der Waals surface area contributed by atoms with Crippen LogP contribution in [0, 0.1) is 5.92 Å². The Morgan fingerprint density at radius 1 is 1.41 bits per heavy atom. The highest BCUT2D eigenvalue weighted by atomic mass is 16.5. The van der Waals surface area contributed by atoms with E-state index in [1.807, 2.05) is 7.05 Å². The van der Waals surface area contributed by atoms with Crippen LogP contribution in [-0.2, 0) is 4.74 Å². The molecule has 1 saturated heterocycles. The number of ether oxygens (including phenoxy) is 1. The van der Waals surface area contributed by atoms with Crippen molar-refractivity contribution in [2.24, 2.45) is 5.92 Å². The zero-order valence-corrected chi connectivity index (χ0v) is 11.9. The Hall–Kier alpha value is -0.540. The van der Waals surface area contributed by atoms with Gasteiger partial charge in [0.15, 0.2) is 0 Å². The first-order chi connectivity index (χ1) is 7.99. The number of hydrogen-bond acceptors (Lipinski definition) is 3. The largest absolute Gasteiger partial charge is 0.495 e. The maximum atomic E-state index is 10.1. The van der Waals surface area contributed by atoms with Gasteiger partial charge < -0.3 is 14.7 Å². The predicted octanol–water partition coefficient (Wildman–Crippen LogP) is 2.41. The van der Waals surface area contributed by atoms with Crippen molar-refractivity contribution in [3.05, 3.63) is 11.3 Å². The van der Waals surface area contributed by atoms with Crippen molar-refractivity contribution in [3.8, 4) is 0 Å². The molecule has 1 aliphatic rings. The molecule has 1 heterocycles. The molecule has 0 bridgehead atoms. The van der Waals surface area contributed by atoms with Gasteiger partial charge in [0.25, 0.3) is 0 Å². The van der Waals surface area contributed by atoms with Gasteiger partial charge in [-0.05, 0) is 39.3 Å². The second-order valence-electron chi connectivity index (χ2n) is 5.23. The molecule has 0 radical (unpaired) electrons. The summed E-state index contributed by atoms with van der Waals surface area (Å²) in [5.41, 5.74) is 1.27. The summed E-state index contributed by atoms with van der Waals surface area (Å²) in [4.78, 5) is 2.16. The molecule has 3 heteroatoms. The normalized spacial score (nSPS) is 29.1. The van der Waals surface area contributed by atoms with Gasteiger partial charge >= 0.3 is 0 Å². The van der Waals surface area contributed by atoms with Crippen molar-refractivity contribution in [2.75, 3.05) is 20.1 Å². The zero-order chi connectivity index (χ0) is 13.0. The molecule has 1 aliphatic heterocycles. The Balaban J connectivity index is 2.84. The highest BCUT2D eigenvalue weighted by molar-refractivity contribution is 5.13. The predicted molar refractivity (Wildman–Crippen MR) is 70.8 cm³/mol. The fourth-order valence-corrected chi connectivity index (χ4v) is 2.21. The minimum Gasteiger partial charge on any atom is -0.495 e. The Labute approximate surface area is 105 Å². The van der Waals surface area contributed by atoms with E-state index < -0.39 is 0 Å². The van der Waals surface area contributed by atoms with E-state index in [1.165, 1.54) is 5.57 Å². The summed E-state index contributed by atoms with van der Waals surface area (Å²) in [5.74, 6) is 1.17. The molecule has 0 amide bonds. The topological polar surface area (TPSA) is 32.7 Å². The lowest BCUT2D eigenvalue weighted by molar-refractivity contribution is 0.0672. The van der Waals surface area contributed by atoms with E-state index in [4.69, 9.17) is 4.74 Å². The second-order valence-corrected chi connectivity index (χ2v) is 5.23. The first-order valence-corrected chi connectivity index (χ1v) is 6.72.